The highest BCUT2D eigenvalue weighted by Crippen LogP contribution is 2.29. The van der Waals surface area contributed by atoms with Crippen LogP contribution in [0, 0.1) is 20.8 Å². The average Bonchev–Trinajstić information content (AvgIpc) is 3.07. The Balaban J connectivity index is 1.98. The number of aryl methyl sites for hydroxylation is 2. The zero-order chi connectivity index (χ0) is 22.5. The zero-order valence-corrected chi connectivity index (χ0v) is 19.8. The summed E-state index contributed by atoms with van der Waals surface area (Å²) in [5.74, 6) is 0.647. The first-order valence-corrected chi connectivity index (χ1v) is 11.7. The number of benzene rings is 2. The lowest BCUT2D eigenvalue weighted by molar-refractivity contribution is 0.411. The molecule has 0 spiro atoms. The normalized spacial score (nSPS) is 11.8. The van der Waals surface area contributed by atoms with Crippen molar-refractivity contribution in [1.29, 1.82) is 0 Å². The van der Waals surface area contributed by atoms with Crippen LogP contribution in [-0.2, 0) is 10.0 Å². The molecule has 0 fully saturated rings. The molecule has 0 atom stereocenters. The second kappa shape index (κ2) is 7.65. The van der Waals surface area contributed by atoms with Crippen LogP contribution in [-0.4, -0.2) is 29.1 Å². The number of ether oxygens (including phenoxy) is 1. The van der Waals surface area contributed by atoms with Crippen LogP contribution in [0.15, 0.2) is 63.1 Å². The van der Waals surface area contributed by atoms with Gasteiger partial charge in [0.2, 0.25) is 0 Å². The molecule has 0 radical (unpaired) electrons. The topological polar surface area (TPSA) is 83.2 Å². The minimum absolute atomic E-state index is 0.0619. The van der Waals surface area contributed by atoms with Crippen molar-refractivity contribution in [2.24, 2.45) is 0 Å². The molecule has 0 aliphatic carbocycles. The maximum Gasteiger partial charge on any atom is 0.270 e. The first-order chi connectivity index (χ1) is 14.7. The van der Waals surface area contributed by atoms with E-state index in [2.05, 4.69) is 20.9 Å². The van der Waals surface area contributed by atoms with Gasteiger partial charge in [-0.15, -0.1) is 0 Å². The molecule has 4 rings (SSSR count). The van der Waals surface area contributed by atoms with E-state index < -0.39 is 10.0 Å². The molecule has 0 aliphatic heterocycles. The molecular formula is C22H20BrN3O4S. The SMILES string of the molecule is COc1ccc(C)c(-n2cnc3c(cc(Br)n3S(=O)(=O)c3ccc(C)cc3)c2=O)c1C. The van der Waals surface area contributed by atoms with Gasteiger partial charge in [-0.1, -0.05) is 23.8 Å². The molecule has 2 heterocycles. The summed E-state index contributed by atoms with van der Waals surface area (Å²) in [6.45, 7) is 5.63. The molecule has 2 aromatic heterocycles. The quantitative estimate of drug-likeness (QED) is 0.419. The van der Waals surface area contributed by atoms with Crippen LogP contribution in [0.2, 0.25) is 0 Å². The van der Waals surface area contributed by atoms with Crippen LogP contribution in [0.1, 0.15) is 16.7 Å². The number of aromatic nitrogens is 3. The molecule has 4 aromatic rings. The van der Waals surface area contributed by atoms with E-state index in [1.165, 1.54) is 29.1 Å². The van der Waals surface area contributed by atoms with Gasteiger partial charge in [-0.05, 0) is 66.5 Å². The fourth-order valence-electron chi connectivity index (χ4n) is 3.64. The van der Waals surface area contributed by atoms with E-state index in [9.17, 15) is 13.2 Å². The lowest BCUT2D eigenvalue weighted by Crippen LogP contribution is -2.21. The van der Waals surface area contributed by atoms with Crippen LogP contribution < -0.4 is 10.3 Å². The maximum absolute atomic E-state index is 13.4. The van der Waals surface area contributed by atoms with Gasteiger partial charge in [0.15, 0.2) is 5.65 Å². The molecule has 31 heavy (non-hydrogen) atoms. The predicted molar refractivity (Wildman–Crippen MR) is 123 cm³/mol. The fraction of sp³-hybridized carbons (Fsp3) is 0.182. The highest BCUT2D eigenvalue weighted by molar-refractivity contribution is 9.10. The van der Waals surface area contributed by atoms with E-state index in [4.69, 9.17) is 4.74 Å². The van der Waals surface area contributed by atoms with Crippen molar-refractivity contribution in [2.75, 3.05) is 7.11 Å². The number of fused-ring (bicyclic) bond motifs is 1. The summed E-state index contributed by atoms with van der Waals surface area (Å²) in [6.07, 6.45) is 1.35. The van der Waals surface area contributed by atoms with Crippen LogP contribution in [0.5, 0.6) is 5.75 Å². The molecule has 2 aromatic carbocycles. The number of hydrogen-bond acceptors (Lipinski definition) is 5. The molecule has 9 heteroatoms. The van der Waals surface area contributed by atoms with Crippen molar-refractivity contribution in [3.8, 4) is 11.4 Å². The molecule has 0 saturated carbocycles. The Morgan fingerprint density at radius 1 is 1.03 bits per heavy atom. The van der Waals surface area contributed by atoms with Gasteiger partial charge in [0, 0.05) is 5.56 Å². The second-order valence-corrected chi connectivity index (χ2v) is 9.86. The Labute approximate surface area is 188 Å². The van der Waals surface area contributed by atoms with Crippen molar-refractivity contribution in [3.05, 3.63) is 80.4 Å². The zero-order valence-electron chi connectivity index (χ0n) is 17.4. The monoisotopic (exact) mass is 501 g/mol. The Kier molecular flexibility index (Phi) is 5.26. The van der Waals surface area contributed by atoms with Gasteiger partial charge in [0.25, 0.3) is 15.6 Å². The van der Waals surface area contributed by atoms with Crippen molar-refractivity contribution < 1.29 is 13.2 Å². The minimum Gasteiger partial charge on any atom is -0.496 e. The first kappa shape index (κ1) is 21.3. The summed E-state index contributed by atoms with van der Waals surface area (Å²) in [4.78, 5) is 17.8. The number of nitrogens with zero attached hydrogens (tertiary/aromatic N) is 3. The summed E-state index contributed by atoms with van der Waals surface area (Å²) in [5, 5.41) is 0.187. The Morgan fingerprint density at radius 2 is 1.71 bits per heavy atom. The Hall–Kier alpha value is -2.91. The average molecular weight is 502 g/mol. The third kappa shape index (κ3) is 3.37. The largest absolute Gasteiger partial charge is 0.496 e. The van der Waals surface area contributed by atoms with Crippen LogP contribution in [0.25, 0.3) is 16.7 Å². The number of hydrogen-bond donors (Lipinski definition) is 0. The summed E-state index contributed by atoms with van der Waals surface area (Å²) in [5.41, 5.74) is 2.95. The standard InChI is InChI=1S/C22H20BrN3O4S/c1-13-5-8-16(9-6-13)31(28,29)26-19(23)11-17-21(26)24-12-25(22(17)27)20-14(2)7-10-18(30-4)15(20)3/h5-12H,1-4H3. The number of rotatable bonds is 4. The van der Waals surface area contributed by atoms with Gasteiger partial charge in [-0.3, -0.25) is 9.36 Å². The van der Waals surface area contributed by atoms with E-state index >= 15 is 0 Å². The smallest absolute Gasteiger partial charge is 0.270 e. The molecule has 0 N–H and O–H groups in total. The van der Waals surface area contributed by atoms with E-state index in [0.29, 0.717) is 11.4 Å². The predicted octanol–water partition coefficient (Wildman–Crippen LogP) is 4.12. The summed E-state index contributed by atoms with van der Waals surface area (Å²) >= 11 is 3.30. The summed E-state index contributed by atoms with van der Waals surface area (Å²) in [7, 11) is -2.38. The second-order valence-electron chi connectivity index (χ2n) is 7.26. The number of halogens is 1. The highest BCUT2D eigenvalue weighted by atomic mass is 79.9. The lowest BCUT2D eigenvalue weighted by Gasteiger charge is -2.15. The van der Waals surface area contributed by atoms with Gasteiger partial charge in [0.1, 0.15) is 16.7 Å². The van der Waals surface area contributed by atoms with Gasteiger partial charge >= 0.3 is 0 Å². The van der Waals surface area contributed by atoms with Gasteiger partial charge in [-0.25, -0.2) is 17.4 Å². The number of methoxy groups -OCH3 is 1. The third-order valence-electron chi connectivity index (χ3n) is 5.24. The fourth-order valence-corrected chi connectivity index (χ4v) is 5.95. The Morgan fingerprint density at radius 3 is 2.35 bits per heavy atom. The van der Waals surface area contributed by atoms with Gasteiger partial charge in [-0.2, -0.15) is 0 Å². The first-order valence-electron chi connectivity index (χ1n) is 9.42. The van der Waals surface area contributed by atoms with Gasteiger partial charge < -0.3 is 4.74 Å². The minimum atomic E-state index is -3.95. The lowest BCUT2D eigenvalue weighted by atomic mass is 10.1. The van der Waals surface area contributed by atoms with Crippen molar-refractivity contribution in [3.63, 3.8) is 0 Å². The van der Waals surface area contributed by atoms with Gasteiger partial charge in [0.05, 0.1) is 23.1 Å². The molecule has 0 bridgehead atoms. The van der Waals surface area contributed by atoms with Crippen LogP contribution >= 0.6 is 15.9 Å². The van der Waals surface area contributed by atoms with Crippen LogP contribution in [0.4, 0.5) is 0 Å². The van der Waals surface area contributed by atoms with Crippen molar-refractivity contribution in [2.45, 2.75) is 25.7 Å². The van der Waals surface area contributed by atoms with Crippen molar-refractivity contribution in [1.82, 2.24) is 13.5 Å². The maximum atomic E-state index is 13.4. The van der Waals surface area contributed by atoms with Crippen LogP contribution in [0.3, 0.4) is 0 Å². The Bertz CT molecular complexity index is 1490. The van der Waals surface area contributed by atoms with E-state index in [-0.39, 0.29) is 26.1 Å². The molecule has 0 aliphatic rings. The van der Waals surface area contributed by atoms with E-state index in [1.807, 2.05) is 32.9 Å². The van der Waals surface area contributed by atoms with E-state index in [0.717, 1.165) is 20.7 Å². The molecule has 0 saturated heterocycles. The van der Waals surface area contributed by atoms with E-state index in [1.54, 1.807) is 19.2 Å². The molecule has 7 nitrogen and oxygen atoms in total. The summed E-state index contributed by atoms with van der Waals surface area (Å²) in [6, 6.07) is 11.7. The molecule has 0 unspecified atom stereocenters. The third-order valence-corrected chi connectivity index (χ3v) is 7.78. The summed E-state index contributed by atoms with van der Waals surface area (Å²) < 4.78 is 34.6. The highest BCUT2D eigenvalue weighted by Gasteiger charge is 2.25. The molecular weight excluding hydrogens is 482 g/mol. The van der Waals surface area contributed by atoms with Crippen molar-refractivity contribution >= 4 is 37.0 Å². The molecule has 160 valence electrons. The molecule has 0 amide bonds.